The third kappa shape index (κ3) is 4.59. The molecule has 2 N–H and O–H groups in total. The van der Waals surface area contributed by atoms with Crippen LogP contribution in [0.25, 0.3) is 0 Å². The molecule has 1 saturated heterocycles. The fraction of sp³-hybridized carbons (Fsp3) is 0.500. The molecule has 4 heterocycles. The Kier molecular flexibility index (Phi) is 6.24. The Morgan fingerprint density at radius 1 is 1.43 bits per heavy atom. The van der Waals surface area contributed by atoms with Gasteiger partial charge < -0.3 is 20.3 Å². The molecular formula is C20H24N6O2S2. The van der Waals surface area contributed by atoms with Crippen LogP contribution in [0, 0.1) is 11.3 Å². The summed E-state index contributed by atoms with van der Waals surface area (Å²) < 4.78 is 6.05. The van der Waals surface area contributed by atoms with Crippen molar-refractivity contribution in [3.63, 3.8) is 0 Å². The van der Waals surface area contributed by atoms with E-state index in [2.05, 4.69) is 26.6 Å². The highest BCUT2D eigenvalue weighted by molar-refractivity contribution is 8.00. The smallest absolute Gasteiger partial charge is 0.236 e. The first kappa shape index (κ1) is 21.1. The van der Waals surface area contributed by atoms with Crippen molar-refractivity contribution in [3.8, 4) is 6.07 Å². The molecule has 1 amide bonds. The van der Waals surface area contributed by atoms with E-state index in [-0.39, 0.29) is 17.3 Å². The van der Waals surface area contributed by atoms with Crippen molar-refractivity contribution in [2.24, 2.45) is 0 Å². The predicted molar refractivity (Wildman–Crippen MR) is 118 cm³/mol. The number of piperazine rings is 1. The van der Waals surface area contributed by atoms with Gasteiger partial charge in [-0.05, 0) is 19.4 Å². The highest BCUT2D eigenvalue weighted by Gasteiger charge is 2.33. The van der Waals surface area contributed by atoms with Gasteiger partial charge in [0.1, 0.15) is 16.9 Å². The summed E-state index contributed by atoms with van der Waals surface area (Å²) in [5.41, 5.74) is 2.22. The van der Waals surface area contributed by atoms with Gasteiger partial charge in [-0.3, -0.25) is 4.79 Å². The largest absolute Gasteiger partial charge is 0.370 e. The van der Waals surface area contributed by atoms with E-state index in [1.807, 2.05) is 19.2 Å². The number of nitrogens with one attached hydrogen (secondary N) is 2. The van der Waals surface area contributed by atoms with E-state index in [0.717, 1.165) is 43.1 Å². The quantitative estimate of drug-likeness (QED) is 0.678. The Hall–Kier alpha value is -2.19. The Balaban J connectivity index is 1.64. The number of aromatic nitrogens is 2. The van der Waals surface area contributed by atoms with Crippen molar-refractivity contribution in [1.29, 1.82) is 5.26 Å². The second-order valence-electron chi connectivity index (χ2n) is 7.82. The van der Waals surface area contributed by atoms with E-state index in [9.17, 15) is 10.1 Å². The van der Waals surface area contributed by atoms with E-state index < -0.39 is 0 Å². The first-order valence-electron chi connectivity index (χ1n) is 9.84. The zero-order valence-electron chi connectivity index (χ0n) is 17.0. The molecule has 0 aliphatic carbocycles. The Bertz CT molecular complexity index is 965. The van der Waals surface area contributed by atoms with Crippen LogP contribution in [-0.2, 0) is 22.6 Å². The van der Waals surface area contributed by atoms with Gasteiger partial charge in [0.15, 0.2) is 5.13 Å². The average Bonchev–Trinajstić information content (AvgIpc) is 3.24. The second kappa shape index (κ2) is 8.89. The number of thiazole rings is 1. The van der Waals surface area contributed by atoms with Crippen LogP contribution in [0.5, 0.6) is 0 Å². The van der Waals surface area contributed by atoms with Crippen LogP contribution in [0.2, 0.25) is 0 Å². The molecule has 8 nitrogen and oxygen atoms in total. The number of amides is 1. The van der Waals surface area contributed by atoms with E-state index in [4.69, 9.17) is 9.72 Å². The number of thioether (sulfide) groups is 1. The molecule has 158 valence electrons. The molecule has 0 atom stereocenters. The van der Waals surface area contributed by atoms with E-state index in [0.29, 0.717) is 28.7 Å². The number of hydrogen-bond acceptors (Lipinski definition) is 9. The lowest BCUT2D eigenvalue weighted by atomic mass is 9.89. The molecule has 0 bridgehead atoms. The van der Waals surface area contributed by atoms with Crippen LogP contribution in [-0.4, -0.2) is 53.4 Å². The normalized spacial score (nSPS) is 17.8. The average molecular weight is 445 g/mol. The van der Waals surface area contributed by atoms with Gasteiger partial charge in [-0.25, -0.2) is 9.97 Å². The molecule has 0 aromatic carbocycles. The molecule has 30 heavy (non-hydrogen) atoms. The molecule has 0 radical (unpaired) electrons. The molecule has 1 fully saturated rings. The number of anilines is 2. The van der Waals surface area contributed by atoms with Crippen molar-refractivity contribution in [2.75, 3.05) is 42.1 Å². The number of pyridine rings is 1. The summed E-state index contributed by atoms with van der Waals surface area (Å²) in [7, 11) is 0. The van der Waals surface area contributed by atoms with E-state index in [1.165, 1.54) is 23.1 Å². The van der Waals surface area contributed by atoms with Crippen LogP contribution < -0.4 is 15.5 Å². The number of carbonyl (C=O) groups is 1. The Labute approximate surface area is 184 Å². The van der Waals surface area contributed by atoms with Crippen LogP contribution in [0.4, 0.5) is 10.9 Å². The lowest BCUT2D eigenvalue weighted by molar-refractivity contribution is -0.113. The summed E-state index contributed by atoms with van der Waals surface area (Å²) in [6, 6.07) is 2.35. The van der Waals surface area contributed by atoms with Gasteiger partial charge in [0.05, 0.1) is 23.5 Å². The molecule has 2 aliphatic heterocycles. The number of ether oxygens (including phenoxy) is 1. The van der Waals surface area contributed by atoms with Crippen LogP contribution >= 0.6 is 23.1 Å². The summed E-state index contributed by atoms with van der Waals surface area (Å²) in [6.45, 7) is 8.00. The molecule has 4 rings (SSSR count). The topological polar surface area (TPSA) is 103 Å². The van der Waals surface area contributed by atoms with Crippen molar-refractivity contribution in [3.05, 3.63) is 28.3 Å². The minimum absolute atomic E-state index is 0.161. The number of rotatable bonds is 5. The highest BCUT2D eigenvalue weighted by atomic mass is 32.2. The zero-order chi connectivity index (χ0) is 21.1. The van der Waals surface area contributed by atoms with Crippen molar-refractivity contribution in [2.45, 2.75) is 37.5 Å². The first-order chi connectivity index (χ1) is 14.5. The van der Waals surface area contributed by atoms with E-state index in [1.54, 1.807) is 6.20 Å². The molecule has 10 heteroatoms. The number of hydrogen-bond donors (Lipinski definition) is 2. The fourth-order valence-electron chi connectivity index (χ4n) is 3.66. The maximum Gasteiger partial charge on any atom is 0.236 e. The summed E-state index contributed by atoms with van der Waals surface area (Å²) in [5, 5.41) is 19.1. The zero-order valence-corrected chi connectivity index (χ0v) is 18.7. The number of carbonyl (C=O) groups excluding carboxylic acids is 1. The first-order valence-corrected chi connectivity index (χ1v) is 11.7. The van der Waals surface area contributed by atoms with Gasteiger partial charge in [-0.1, -0.05) is 11.8 Å². The molecular weight excluding hydrogens is 420 g/mol. The fourth-order valence-corrected chi connectivity index (χ4v) is 5.01. The van der Waals surface area contributed by atoms with Gasteiger partial charge in [-0.15, -0.1) is 11.3 Å². The van der Waals surface area contributed by atoms with Crippen LogP contribution in [0.15, 0.2) is 16.6 Å². The lowest BCUT2D eigenvalue weighted by Crippen LogP contribution is -2.45. The SMILES string of the molecule is CC1(C)Cc2c(C#N)c(SCC(=O)Nc3nccs3)nc(N3CCNCC3)c2CO1. The van der Waals surface area contributed by atoms with Gasteiger partial charge in [0.2, 0.25) is 5.91 Å². The molecule has 2 aromatic rings. The Morgan fingerprint density at radius 2 is 2.23 bits per heavy atom. The third-order valence-electron chi connectivity index (χ3n) is 5.11. The maximum absolute atomic E-state index is 12.3. The number of fused-ring (bicyclic) bond motifs is 1. The second-order valence-corrected chi connectivity index (χ2v) is 9.68. The van der Waals surface area contributed by atoms with Crippen molar-refractivity contribution in [1.82, 2.24) is 15.3 Å². The monoisotopic (exact) mass is 444 g/mol. The van der Waals surface area contributed by atoms with Crippen LogP contribution in [0.3, 0.4) is 0 Å². The van der Waals surface area contributed by atoms with Crippen molar-refractivity contribution >= 4 is 40.0 Å². The predicted octanol–water partition coefficient (Wildman–Crippen LogP) is 2.40. The van der Waals surface area contributed by atoms with Gasteiger partial charge >= 0.3 is 0 Å². The lowest BCUT2D eigenvalue weighted by Gasteiger charge is -2.37. The molecule has 0 unspecified atom stereocenters. The minimum Gasteiger partial charge on any atom is -0.370 e. The van der Waals surface area contributed by atoms with Gasteiger partial charge in [-0.2, -0.15) is 5.26 Å². The molecule has 2 aliphatic rings. The third-order valence-corrected chi connectivity index (χ3v) is 6.78. The summed E-state index contributed by atoms with van der Waals surface area (Å²) >= 11 is 2.67. The Morgan fingerprint density at radius 3 is 2.93 bits per heavy atom. The van der Waals surface area contributed by atoms with Crippen molar-refractivity contribution < 1.29 is 9.53 Å². The van der Waals surface area contributed by atoms with Gasteiger partial charge in [0, 0.05) is 49.7 Å². The van der Waals surface area contributed by atoms with Crippen LogP contribution in [0.1, 0.15) is 30.5 Å². The number of nitrogens with zero attached hydrogens (tertiary/aromatic N) is 4. The standard InChI is InChI=1S/C20H24N6O2S2/c1-20(2)9-13-14(10-21)18(30-12-16(27)24-19-23-5-8-29-19)25-17(15(13)11-28-20)26-6-3-22-4-7-26/h5,8,22H,3-4,6-7,9,11-12H2,1-2H3,(H,23,24,27). The molecule has 0 spiro atoms. The van der Waals surface area contributed by atoms with Gasteiger partial charge in [0.25, 0.3) is 0 Å². The molecule has 0 saturated carbocycles. The molecule has 2 aromatic heterocycles. The summed E-state index contributed by atoms with van der Waals surface area (Å²) in [5.74, 6) is 0.885. The minimum atomic E-state index is -0.342. The van der Waals surface area contributed by atoms with E-state index >= 15 is 0 Å². The summed E-state index contributed by atoms with van der Waals surface area (Å²) in [6.07, 6.45) is 2.29. The maximum atomic E-state index is 12.3. The summed E-state index contributed by atoms with van der Waals surface area (Å²) in [4.78, 5) is 23.5. The highest BCUT2D eigenvalue weighted by Crippen LogP contribution is 2.38. The number of nitriles is 1.